The highest BCUT2D eigenvalue weighted by molar-refractivity contribution is 14.0. The van der Waals surface area contributed by atoms with Gasteiger partial charge in [0.25, 0.3) is 0 Å². The van der Waals surface area contributed by atoms with Crippen molar-refractivity contribution in [2.45, 2.75) is 32.9 Å². The van der Waals surface area contributed by atoms with Crippen LogP contribution in [-0.2, 0) is 11.3 Å². The summed E-state index contributed by atoms with van der Waals surface area (Å²) in [5.74, 6) is 0.0302. The molecule has 0 saturated heterocycles. The fourth-order valence-electron chi connectivity index (χ4n) is 1.51. The van der Waals surface area contributed by atoms with Gasteiger partial charge < -0.3 is 15.8 Å². The Balaban J connectivity index is 0.00000361. The Kier molecular flexibility index (Phi) is 7.55. The molecule has 20 heavy (non-hydrogen) atoms. The van der Waals surface area contributed by atoms with Crippen molar-refractivity contribution in [3.05, 3.63) is 35.4 Å². The van der Waals surface area contributed by atoms with E-state index in [0.717, 1.165) is 5.56 Å². The van der Waals surface area contributed by atoms with E-state index in [-0.39, 0.29) is 35.5 Å². The fourth-order valence-corrected chi connectivity index (χ4v) is 1.51. The number of carbonyl (C=O) groups is 1. The van der Waals surface area contributed by atoms with E-state index in [9.17, 15) is 4.79 Å². The molecule has 0 amide bonds. The van der Waals surface area contributed by atoms with Gasteiger partial charge in [-0.25, -0.2) is 9.79 Å². The van der Waals surface area contributed by atoms with Crippen LogP contribution in [-0.4, -0.2) is 24.6 Å². The summed E-state index contributed by atoms with van der Waals surface area (Å²) >= 11 is 0. The molecule has 1 rings (SSSR count). The number of nitrogens with two attached hydrogens (primary N) is 1. The molecule has 112 valence electrons. The average molecular weight is 391 g/mol. The predicted molar refractivity (Wildman–Crippen MR) is 91.4 cm³/mol. The second kappa shape index (κ2) is 8.08. The number of hydrogen-bond acceptors (Lipinski definition) is 3. The van der Waals surface area contributed by atoms with Crippen molar-refractivity contribution in [2.24, 2.45) is 10.7 Å². The predicted octanol–water partition coefficient (Wildman–Crippen LogP) is 2.29. The lowest BCUT2D eigenvalue weighted by molar-refractivity contribution is 0.0600. The van der Waals surface area contributed by atoms with Crippen LogP contribution < -0.4 is 11.1 Å². The molecule has 6 heteroatoms. The molecule has 0 unspecified atom stereocenters. The molecular formula is C14H22IN3O2. The topological polar surface area (TPSA) is 76.7 Å². The molecule has 0 bridgehead atoms. The molecule has 0 aliphatic heterocycles. The largest absolute Gasteiger partial charge is 0.465 e. The van der Waals surface area contributed by atoms with Crippen LogP contribution >= 0.6 is 24.0 Å². The third kappa shape index (κ3) is 6.74. The number of guanidine groups is 1. The number of benzene rings is 1. The van der Waals surface area contributed by atoms with Crippen molar-refractivity contribution in [3.63, 3.8) is 0 Å². The summed E-state index contributed by atoms with van der Waals surface area (Å²) in [6, 6.07) is 7.14. The van der Waals surface area contributed by atoms with Gasteiger partial charge in [0.1, 0.15) is 0 Å². The molecule has 0 fully saturated rings. The Bertz CT molecular complexity index is 482. The Morgan fingerprint density at radius 3 is 2.60 bits per heavy atom. The van der Waals surface area contributed by atoms with Crippen LogP contribution in [0.15, 0.2) is 29.3 Å². The highest BCUT2D eigenvalue weighted by atomic mass is 127. The van der Waals surface area contributed by atoms with E-state index in [1.54, 1.807) is 18.2 Å². The van der Waals surface area contributed by atoms with Crippen LogP contribution in [0.5, 0.6) is 0 Å². The maximum Gasteiger partial charge on any atom is 0.337 e. The van der Waals surface area contributed by atoms with Crippen LogP contribution in [0.3, 0.4) is 0 Å². The van der Waals surface area contributed by atoms with Gasteiger partial charge in [-0.15, -0.1) is 24.0 Å². The summed E-state index contributed by atoms with van der Waals surface area (Å²) in [6.45, 7) is 6.44. The fraction of sp³-hybridized carbons (Fsp3) is 0.429. The van der Waals surface area contributed by atoms with Crippen molar-refractivity contribution in [3.8, 4) is 0 Å². The molecule has 0 spiro atoms. The average Bonchev–Trinajstić information content (AvgIpc) is 2.34. The highest BCUT2D eigenvalue weighted by Crippen LogP contribution is 2.08. The van der Waals surface area contributed by atoms with Crippen LogP contribution in [0.1, 0.15) is 36.7 Å². The van der Waals surface area contributed by atoms with Gasteiger partial charge in [0, 0.05) is 5.54 Å². The maximum atomic E-state index is 11.4. The number of rotatable bonds is 3. The minimum atomic E-state index is -0.355. The Labute approximate surface area is 137 Å². The van der Waals surface area contributed by atoms with Gasteiger partial charge in [0.2, 0.25) is 0 Å². The molecule has 0 atom stereocenters. The van der Waals surface area contributed by atoms with Gasteiger partial charge in [-0.05, 0) is 38.5 Å². The molecule has 0 heterocycles. The van der Waals surface area contributed by atoms with Crippen molar-refractivity contribution in [1.82, 2.24) is 5.32 Å². The van der Waals surface area contributed by atoms with Crippen molar-refractivity contribution in [2.75, 3.05) is 7.11 Å². The molecule has 0 aliphatic carbocycles. The molecule has 3 N–H and O–H groups in total. The first-order valence-electron chi connectivity index (χ1n) is 6.07. The molecule has 1 aromatic rings. The first-order chi connectivity index (χ1) is 8.81. The number of nitrogens with zero attached hydrogens (tertiary/aromatic N) is 1. The number of ether oxygens (including phenoxy) is 1. The lowest BCUT2D eigenvalue weighted by atomic mass is 10.1. The summed E-state index contributed by atoms with van der Waals surface area (Å²) < 4.78 is 4.67. The summed E-state index contributed by atoms with van der Waals surface area (Å²) in [5, 5.41) is 3.07. The van der Waals surface area contributed by atoms with Gasteiger partial charge in [-0.2, -0.15) is 0 Å². The number of methoxy groups -OCH3 is 1. The first kappa shape index (κ1) is 18.7. The van der Waals surface area contributed by atoms with Gasteiger partial charge in [0.05, 0.1) is 19.2 Å². The summed E-state index contributed by atoms with van der Waals surface area (Å²) in [7, 11) is 1.36. The van der Waals surface area contributed by atoms with Crippen LogP contribution in [0.4, 0.5) is 0 Å². The maximum absolute atomic E-state index is 11.4. The third-order valence-corrected chi connectivity index (χ3v) is 2.28. The minimum Gasteiger partial charge on any atom is -0.465 e. The van der Waals surface area contributed by atoms with E-state index in [4.69, 9.17) is 5.73 Å². The Morgan fingerprint density at radius 1 is 1.40 bits per heavy atom. The van der Waals surface area contributed by atoms with Gasteiger partial charge in [-0.3, -0.25) is 0 Å². The quantitative estimate of drug-likeness (QED) is 0.359. The Morgan fingerprint density at radius 2 is 2.05 bits per heavy atom. The summed E-state index contributed by atoms with van der Waals surface area (Å²) in [4.78, 5) is 15.6. The molecule has 0 aliphatic rings. The van der Waals surface area contributed by atoms with Crippen molar-refractivity contribution < 1.29 is 9.53 Å². The molecule has 1 aromatic carbocycles. The zero-order valence-corrected chi connectivity index (χ0v) is 14.6. The molecule has 0 saturated carbocycles. The van der Waals surface area contributed by atoms with Crippen LogP contribution in [0, 0.1) is 0 Å². The molecule has 5 nitrogen and oxygen atoms in total. The van der Waals surface area contributed by atoms with Crippen LogP contribution in [0.25, 0.3) is 0 Å². The number of nitrogens with one attached hydrogen (secondary N) is 1. The number of halogens is 1. The lowest BCUT2D eigenvalue weighted by Gasteiger charge is -2.21. The number of aliphatic imine (C=N–C) groups is 1. The van der Waals surface area contributed by atoms with E-state index in [1.807, 2.05) is 26.8 Å². The zero-order chi connectivity index (χ0) is 14.5. The first-order valence-corrected chi connectivity index (χ1v) is 6.07. The van der Waals surface area contributed by atoms with Gasteiger partial charge >= 0.3 is 5.97 Å². The van der Waals surface area contributed by atoms with Crippen molar-refractivity contribution in [1.29, 1.82) is 0 Å². The molecule has 0 radical (unpaired) electrons. The van der Waals surface area contributed by atoms with E-state index in [1.165, 1.54) is 7.11 Å². The smallest absolute Gasteiger partial charge is 0.337 e. The number of esters is 1. The zero-order valence-electron chi connectivity index (χ0n) is 12.3. The molecular weight excluding hydrogens is 369 g/mol. The SMILES string of the molecule is COC(=O)c1cccc(CN=C(N)NC(C)(C)C)c1.I. The minimum absolute atomic E-state index is 0. The van der Waals surface area contributed by atoms with Gasteiger partial charge in [0.15, 0.2) is 5.96 Å². The standard InChI is InChI=1S/C14H21N3O2.HI/c1-14(2,3)17-13(15)16-9-10-6-5-7-11(8-10)12(18)19-4;/h5-8H,9H2,1-4H3,(H3,15,16,17);1H. The van der Waals surface area contributed by atoms with Crippen molar-refractivity contribution >= 4 is 35.9 Å². The number of hydrogen-bond donors (Lipinski definition) is 2. The van der Waals surface area contributed by atoms with E-state index < -0.39 is 0 Å². The second-order valence-electron chi connectivity index (χ2n) is 5.27. The second-order valence-corrected chi connectivity index (χ2v) is 5.27. The third-order valence-electron chi connectivity index (χ3n) is 2.28. The van der Waals surface area contributed by atoms with E-state index >= 15 is 0 Å². The summed E-state index contributed by atoms with van der Waals surface area (Å²) in [5.41, 5.74) is 7.07. The van der Waals surface area contributed by atoms with E-state index in [2.05, 4.69) is 15.0 Å². The van der Waals surface area contributed by atoms with Gasteiger partial charge in [-0.1, -0.05) is 12.1 Å². The number of carbonyl (C=O) groups excluding carboxylic acids is 1. The summed E-state index contributed by atoms with van der Waals surface area (Å²) in [6.07, 6.45) is 0. The normalized spacial score (nSPS) is 11.5. The monoisotopic (exact) mass is 391 g/mol. The highest BCUT2D eigenvalue weighted by Gasteiger charge is 2.10. The Hall–Kier alpha value is -1.31. The lowest BCUT2D eigenvalue weighted by Crippen LogP contribution is -2.44. The van der Waals surface area contributed by atoms with Crippen LogP contribution in [0.2, 0.25) is 0 Å². The molecule has 0 aromatic heterocycles. The van der Waals surface area contributed by atoms with E-state index in [0.29, 0.717) is 18.1 Å².